The van der Waals surface area contributed by atoms with E-state index in [0.717, 1.165) is 23.6 Å². The van der Waals surface area contributed by atoms with Gasteiger partial charge in [0.15, 0.2) is 0 Å². The van der Waals surface area contributed by atoms with Gasteiger partial charge in [-0.25, -0.2) is 8.42 Å². The van der Waals surface area contributed by atoms with Crippen LogP contribution in [0.5, 0.6) is 17.2 Å². The maximum atomic E-state index is 13.9. The van der Waals surface area contributed by atoms with Gasteiger partial charge < -0.3 is 19.1 Å². The van der Waals surface area contributed by atoms with E-state index in [1.54, 1.807) is 35.2 Å². The zero-order valence-electron chi connectivity index (χ0n) is 21.0. The van der Waals surface area contributed by atoms with Crippen molar-refractivity contribution in [2.75, 3.05) is 45.3 Å². The molecule has 1 saturated carbocycles. The minimum absolute atomic E-state index is 0.0498. The first-order valence-corrected chi connectivity index (χ1v) is 13.4. The lowest BCUT2D eigenvalue weighted by atomic mass is 10.1. The zero-order valence-corrected chi connectivity index (χ0v) is 21.8. The topological polar surface area (TPSA) is 85.4 Å². The van der Waals surface area contributed by atoms with Crippen molar-refractivity contribution in [3.8, 4) is 17.2 Å². The third-order valence-corrected chi connectivity index (χ3v) is 8.15. The van der Waals surface area contributed by atoms with E-state index in [0.29, 0.717) is 36.3 Å². The van der Waals surface area contributed by atoms with Gasteiger partial charge in [0.25, 0.3) is 10.0 Å². The fourth-order valence-electron chi connectivity index (χ4n) is 4.48. The standard InChI is InChI=1S/C26H36N2O6S/c1-5-16-27(18-20-8-6-7-9-20)26(29)19-28(24-17-22(33-3)12-15-25(24)34-4)35(30,31)23-13-10-21(32-2)11-14-23/h10-15,17,20H,5-9,16,18-19H2,1-4H3. The number of methoxy groups -OCH3 is 3. The van der Waals surface area contributed by atoms with Crippen LogP contribution >= 0.6 is 0 Å². The molecule has 0 unspecified atom stereocenters. The average Bonchev–Trinajstić information content (AvgIpc) is 3.39. The molecule has 3 rings (SSSR count). The van der Waals surface area contributed by atoms with Crippen molar-refractivity contribution in [2.45, 2.75) is 43.9 Å². The normalized spacial score (nSPS) is 13.9. The Labute approximate surface area is 208 Å². The van der Waals surface area contributed by atoms with Gasteiger partial charge in [-0.05, 0) is 61.6 Å². The van der Waals surface area contributed by atoms with E-state index in [4.69, 9.17) is 14.2 Å². The van der Waals surface area contributed by atoms with Crippen molar-refractivity contribution in [3.05, 3.63) is 42.5 Å². The van der Waals surface area contributed by atoms with E-state index in [9.17, 15) is 13.2 Å². The number of ether oxygens (including phenoxy) is 3. The van der Waals surface area contributed by atoms with Crippen LogP contribution in [0.2, 0.25) is 0 Å². The first kappa shape index (κ1) is 26.7. The molecule has 0 atom stereocenters. The maximum Gasteiger partial charge on any atom is 0.264 e. The first-order chi connectivity index (χ1) is 16.8. The Balaban J connectivity index is 2.02. The molecular weight excluding hydrogens is 468 g/mol. The summed E-state index contributed by atoms with van der Waals surface area (Å²) in [5.41, 5.74) is 0.244. The largest absolute Gasteiger partial charge is 0.497 e. The smallest absolute Gasteiger partial charge is 0.264 e. The molecule has 0 heterocycles. The molecule has 1 aliphatic rings. The third kappa shape index (κ3) is 6.39. The Morgan fingerprint density at radius 1 is 0.943 bits per heavy atom. The van der Waals surface area contributed by atoms with E-state index in [1.807, 2.05) is 6.92 Å². The van der Waals surface area contributed by atoms with Crippen LogP contribution < -0.4 is 18.5 Å². The Morgan fingerprint density at radius 2 is 1.57 bits per heavy atom. The predicted molar refractivity (Wildman–Crippen MR) is 136 cm³/mol. The minimum atomic E-state index is -4.11. The zero-order chi connectivity index (χ0) is 25.4. The summed E-state index contributed by atoms with van der Waals surface area (Å²) in [7, 11) is 0.374. The van der Waals surface area contributed by atoms with E-state index in [1.165, 1.54) is 46.3 Å². The highest BCUT2D eigenvalue weighted by Crippen LogP contribution is 2.36. The van der Waals surface area contributed by atoms with Crippen molar-refractivity contribution in [3.63, 3.8) is 0 Å². The number of nitrogens with zero attached hydrogens (tertiary/aromatic N) is 2. The molecule has 0 aliphatic heterocycles. The molecule has 2 aromatic carbocycles. The van der Waals surface area contributed by atoms with Crippen molar-refractivity contribution >= 4 is 21.6 Å². The number of rotatable bonds is 12. The van der Waals surface area contributed by atoms with Crippen LogP contribution in [0.25, 0.3) is 0 Å². The van der Waals surface area contributed by atoms with Crippen LogP contribution in [0, 0.1) is 5.92 Å². The van der Waals surface area contributed by atoms with Crippen LogP contribution in [-0.2, 0) is 14.8 Å². The van der Waals surface area contributed by atoms with Gasteiger partial charge in [-0.3, -0.25) is 9.10 Å². The van der Waals surface area contributed by atoms with Gasteiger partial charge in [-0.2, -0.15) is 0 Å². The number of amides is 1. The monoisotopic (exact) mass is 504 g/mol. The molecule has 1 amide bonds. The minimum Gasteiger partial charge on any atom is -0.497 e. The summed E-state index contributed by atoms with van der Waals surface area (Å²) in [6.07, 6.45) is 5.36. The van der Waals surface area contributed by atoms with E-state index in [2.05, 4.69) is 0 Å². The van der Waals surface area contributed by atoms with E-state index in [-0.39, 0.29) is 23.0 Å². The van der Waals surface area contributed by atoms with Crippen LogP contribution in [0.1, 0.15) is 39.0 Å². The predicted octanol–water partition coefficient (Wildman–Crippen LogP) is 4.34. The van der Waals surface area contributed by atoms with Crippen LogP contribution in [-0.4, -0.2) is 60.2 Å². The van der Waals surface area contributed by atoms with E-state index >= 15 is 0 Å². The van der Waals surface area contributed by atoms with Gasteiger partial charge in [0.05, 0.1) is 31.9 Å². The lowest BCUT2D eigenvalue weighted by Gasteiger charge is -2.30. The molecule has 0 N–H and O–H groups in total. The van der Waals surface area contributed by atoms with Gasteiger partial charge >= 0.3 is 0 Å². The number of anilines is 1. The molecule has 0 spiro atoms. The van der Waals surface area contributed by atoms with Crippen molar-refractivity contribution in [2.24, 2.45) is 5.92 Å². The summed E-state index contributed by atoms with van der Waals surface area (Å²) in [5, 5.41) is 0. The van der Waals surface area contributed by atoms with Crippen molar-refractivity contribution < 1.29 is 27.4 Å². The molecule has 0 bridgehead atoms. The number of sulfonamides is 1. The Kier molecular flexibility index (Phi) is 9.26. The van der Waals surface area contributed by atoms with Gasteiger partial charge in [0.2, 0.25) is 5.91 Å². The number of hydrogen-bond donors (Lipinski definition) is 0. The fraction of sp³-hybridized carbons (Fsp3) is 0.500. The molecule has 1 aliphatic carbocycles. The summed E-state index contributed by atoms with van der Waals surface area (Å²) in [6.45, 7) is 2.91. The van der Waals surface area contributed by atoms with Crippen molar-refractivity contribution in [1.82, 2.24) is 4.90 Å². The highest BCUT2D eigenvalue weighted by Gasteiger charge is 2.32. The Hall–Kier alpha value is -2.94. The summed E-state index contributed by atoms with van der Waals surface area (Å²) in [4.78, 5) is 15.4. The third-order valence-electron chi connectivity index (χ3n) is 6.38. The lowest BCUT2D eigenvalue weighted by Crippen LogP contribution is -2.45. The van der Waals surface area contributed by atoms with Crippen LogP contribution in [0.15, 0.2) is 47.4 Å². The summed E-state index contributed by atoms with van der Waals surface area (Å²) < 4.78 is 44.9. The molecule has 9 heteroatoms. The molecule has 35 heavy (non-hydrogen) atoms. The fourth-order valence-corrected chi connectivity index (χ4v) is 5.90. The number of benzene rings is 2. The molecular formula is C26H36N2O6S. The van der Waals surface area contributed by atoms with Crippen LogP contribution in [0.4, 0.5) is 5.69 Å². The second-order valence-corrected chi connectivity index (χ2v) is 10.6. The number of carbonyl (C=O) groups is 1. The van der Waals surface area contributed by atoms with Gasteiger partial charge in [-0.15, -0.1) is 0 Å². The Morgan fingerprint density at radius 3 is 2.14 bits per heavy atom. The first-order valence-electron chi connectivity index (χ1n) is 12.0. The average molecular weight is 505 g/mol. The van der Waals surface area contributed by atoms with Crippen LogP contribution in [0.3, 0.4) is 0 Å². The second kappa shape index (κ2) is 12.2. The molecule has 1 fully saturated rings. The van der Waals surface area contributed by atoms with Gasteiger partial charge in [-0.1, -0.05) is 19.8 Å². The lowest BCUT2D eigenvalue weighted by molar-refractivity contribution is -0.130. The number of carbonyl (C=O) groups excluding carboxylic acids is 1. The summed E-state index contributed by atoms with van der Waals surface area (Å²) in [6, 6.07) is 11.0. The second-order valence-electron chi connectivity index (χ2n) is 8.72. The molecule has 0 aromatic heterocycles. The molecule has 0 saturated heterocycles. The highest BCUT2D eigenvalue weighted by atomic mass is 32.2. The molecule has 0 radical (unpaired) electrons. The molecule has 2 aromatic rings. The molecule has 192 valence electrons. The SMILES string of the molecule is CCCN(CC1CCCC1)C(=O)CN(c1cc(OC)ccc1OC)S(=O)(=O)c1ccc(OC)cc1. The van der Waals surface area contributed by atoms with Gasteiger partial charge in [0, 0.05) is 19.2 Å². The van der Waals surface area contributed by atoms with E-state index < -0.39 is 10.0 Å². The summed E-state index contributed by atoms with van der Waals surface area (Å²) in [5.74, 6) is 1.55. The summed E-state index contributed by atoms with van der Waals surface area (Å²) >= 11 is 0. The maximum absolute atomic E-state index is 13.9. The van der Waals surface area contributed by atoms with Gasteiger partial charge in [0.1, 0.15) is 23.8 Å². The highest BCUT2D eigenvalue weighted by molar-refractivity contribution is 7.92. The number of hydrogen-bond acceptors (Lipinski definition) is 6. The van der Waals surface area contributed by atoms with Crippen molar-refractivity contribution in [1.29, 1.82) is 0 Å². The quantitative estimate of drug-likeness (QED) is 0.428. The molecule has 8 nitrogen and oxygen atoms in total. The Bertz CT molecular complexity index is 1080.